The van der Waals surface area contributed by atoms with Crippen LogP contribution in [-0.4, -0.2) is 19.1 Å². The van der Waals surface area contributed by atoms with Crippen LogP contribution >= 0.6 is 15.9 Å². The molecule has 3 N–H and O–H groups in total. The van der Waals surface area contributed by atoms with E-state index in [0.717, 1.165) is 6.07 Å². The fourth-order valence-electron chi connectivity index (χ4n) is 1.24. The number of carbonyl (C=O) groups excluding carboxylic acids is 1. The van der Waals surface area contributed by atoms with Crippen LogP contribution in [0.5, 0.6) is 5.75 Å². The van der Waals surface area contributed by atoms with Crippen LogP contribution in [0.15, 0.2) is 16.6 Å². The van der Waals surface area contributed by atoms with Gasteiger partial charge in [-0.3, -0.25) is 4.79 Å². The lowest BCUT2D eigenvalue weighted by molar-refractivity contribution is -0.123. The van der Waals surface area contributed by atoms with E-state index in [4.69, 9.17) is 10.5 Å². The number of benzene rings is 1. The quantitative estimate of drug-likeness (QED) is 0.819. The largest absolute Gasteiger partial charge is 0.480 e. The summed E-state index contributed by atoms with van der Waals surface area (Å²) >= 11 is 3.13. The van der Waals surface area contributed by atoms with Crippen LogP contribution in [0.25, 0.3) is 0 Å². The molecule has 100 valence electrons. The molecule has 0 radical (unpaired) electrons. The lowest BCUT2D eigenvalue weighted by Crippen LogP contribution is -2.31. The minimum Gasteiger partial charge on any atom is -0.480 e. The van der Waals surface area contributed by atoms with E-state index in [9.17, 15) is 9.18 Å². The maximum atomic E-state index is 13.0. The number of amides is 1. The number of rotatable bonds is 5. The van der Waals surface area contributed by atoms with Gasteiger partial charge in [0.1, 0.15) is 5.82 Å². The number of anilines is 1. The molecular weight excluding hydrogens is 303 g/mol. The van der Waals surface area contributed by atoms with Crippen molar-refractivity contribution in [2.45, 2.75) is 13.8 Å². The summed E-state index contributed by atoms with van der Waals surface area (Å²) in [4.78, 5) is 11.4. The predicted octanol–water partition coefficient (Wildman–Crippen LogP) is 2.32. The average molecular weight is 319 g/mol. The van der Waals surface area contributed by atoms with Crippen molar-refractivity contribution in [2.24, 2.45) is 5.92 Å². The molecule has 0 bridgehead atoms. The molecule has 0 fully saturated rings. The van der Waals surface area contributed by atoms with Crippen LogP contribution in [0.3, 0.4) is 0 Å². The van der Waals surface area contributed by atoms with Gasteiger partial charge in [-0.25, -0.2) is 4.39 Å². The second kappa shape index (κ2) is 6.58. The van der Waals surface area contributed by atoms with Gasteiger partial charge in [-0.15, -0.1) is 0 Å². The van der Waals surface area contributed by atoms with Crippen molar-refractivity contribution in [3.63, 3.8) is 0 Å². The Labute approximate surface area is 114 Å². The predicted molar refractivity (Wildman–Crippen MR) is 71.9 cm³/mol. The van der Waals surface area contributed by atoms with Crippen molar-refractivity contribution in [1.29, 1.82) is 0 Å². The topological polar surface area (TPSA) is 64.3 Å². The molecule has 1 aromatic rings. The zero-order chi connectivity index (χ0) is 13.7. The van der Waals surface area contributed by atoms with Crippen molar-refractivity contribution in [3.05, 3.63) is 22.4 Å². The summed E-state index contributed by atoms with van der Waals surface area (Å²) in [5, 5.41) is 2.71. The average Bonchev–Trinajstić information content (AvgIpc) is 2.24. The summed E-state index contributed by atoms with van der Waals surface area (Å²) in [5.41, 5.74) is 5.76. The van der Waals surface area contributed by atoms with Gasteiger partial charge in [0, 0.05) is 12.6 Å². The molecule has 6 heteroatoms. The van der Waals surface area contributed by atoms with Crippen LogP contribution in [0.1, 0.15) is 13.8 Å². The Bertz CT molecular complexity index is 415. The first-order valence-electron chi connectivity index (χ1n) is 5.54. The second-order valence-corrected chi connectivity index (χ2v) is 5.15. The van der Waals surface area contributed by atoms with Crippen molar-refractivity contribution < 1.29 is 13.9 Å². The smallest absolute Gasteiger partial charge is 0.257 e. The maximum absolute atomic E-state index is 13.0. The highest BCUT2D eigenvalue weighted by atomic mass is 79.9. The number of nitrogens with one attached hydrogen (secondary N) is 1. The van der Waals surface area contributed by atoms with Gasteiger partial charge in [0.05, 0.1) is 10.2 Å². The van der Waals surface area contributed by atoms with Crippen LogP contribution in [-0.2, 0) is 4.79 Å². The normalized spacial score (nSPS) is 10.5. The van der Waals surface area contributed by atoms with E-state index >= 15 is 0 Å². The third-order valence-electron chi connectivity index (χ3n) is 2.09. The van der Waals surface area contributed by atoms with Gasteiger partial charge >= 0.3 is 0 Å². The monoisotopic (exact) mass is 318 g/mol. The molecule has 0 aliphatic rings. The first-order chi connectivity index (χ1) is 8.40. The minimum atomic E-state index is -0.462. The van der Waals surface area contributed by atoms with Gasteiger partial charge in [0.25, 0.3) is 5.91 Å². The van der Waals surface area contributed by atoms with E-state index in [1.807, 2.05) is 13.8 Å². The lowest BCUT2D eigenvalue weighted by Gasteiger charge is -2.12. The molecule has 0 atom stereocenters. The van der Waals surface area contributed by atoms with Crippen LogP contribution in [0.2, 0.25) is 0 Å². The van der Waals surface area contributed by atoms with E-state index in [-0.39, 0.29) is 24.0 Å². The molecule has 1 aromatic carbocycles. The zero-order valence-corrected chi connectivity index (χ0v) is 11.9. The van der Waals surface area contributed by atoms with E-state index in [2.05, 4.69) is 21.2 Å². The first-order valence-corrected chi connectivity index (χ1v) is 6.33. The Balaban J connectivity index is 2.56. The molecule has 0 aromatic heterocycles. The van der Waals surface area contributed by atoms with Crippen molar-refractivity contribution in [3.8, 4) is 5.75 Å². The number of ether oxygens (including phenoxy) is 1. The molecule has 0 aliphatic carbocycles. The van der Waals surface area contributed by atoms with Gasteiger partial charge in [0.15, 0.2) is 12.4 Å². The molecule has 0 spiro atoms. The minimum absolute atomic E-state index is 0.151. The fraction of sp³-hybridized carbons (Fsp3) is 0.417. The van der Waals surface area contributed by atoms with Crippen LogP contribution in [0.4, 0.5) is 10.1 Å². The molecule has 0 unspecified atom stereocenters. The van der Waals surface area contributed by atoms with Gasteiger partial charge in [0.2, 0.25) is 0 Å². The number of hydrogen-bond donors (Lipinski definition) is 2. The van der Waals surface area contributed by atoms with E-state index < -0.39 is 5.82 Å². The van der Waals surface area contributed by atoms with Crippen LogP contribution in [0, 0.1) is 11.7 Å². The third kappa shape index (κ3) is 4.52. The summed E-state index contributed by atoms with van der Waals surface area (Å²) < 4.78 is 18.6. The second-order valence-electron chi connectivity index (χ2n) is 4.29. The number of carbonyl (C=O) groups is 1. The Kier molecular flexibility index (Phi) is 5.40. The first kappa shape index (κ1) is 14.8. The van der Waals surface area contributed by atoms with Gasteiger partial charge in [-0.2, -0.15) is 0 Å². The SMILES string of the molecule is CC(C)CNC(=O)COc1c(N)cc(F)cc1Br. The maximum Gasteiger partial charge on any atom is 0.257 e. The standard InChI is InChI=1S/C12H16BrFN2O2/c1-7(2)5-16-11(17)6-18-12-9(13)3-8(14)4-10(12)15/h3-4,7H,5-6,15H2,1-2H3,(H,16,17). The van der Waals surface area contributed by atoms with Crippen LogP contribution < -0.4 is 15.8 Å². The molecule has 18 heavy (non-hydrogen) atoms. The van der Waals surface area contributed by atoms with Crippen molar-refractivity contribution >= 4 is 27.5 Å². The molecular formula is C12H16BrFN2O2. The molecule has 0 saturated heterocycles. The number of nitrogen functional groups attached to an aromatic ring is 1. The summed E-state index contributed by atoms with van der Waals surface area (Å²) in [6, 6.07) is 2.38. The molecule has 4 nitrogen and oxygen atoms in total. The van der Waals surface area contributed by atoms with Gasteiger partial charge < -0.3 is 15.8 Å². The zero-order valence-electron chi connectivity index (χ0n) is 10.3. The number of nitrogens with two attached hydrogens (primary N) is 1. The molecule has 1 amide bonds. The number of halogens is 2. The van der Waals surface area contributed by atoms with Gasteiger partial charge in [-0.05, 0) is 27.9 Å². The molecule has 0 aliphatic heterocycles. The highest BCUT2D eigenvalue weighted by Crippen LogP contribution is 2.32. The number of hydrogen-bond acceptors (Lipinski definition) is 3. The Hall–Kier alpha value is -1.30. The molecule has 0 saturated carbocycles. The highest BCUT2D eigenvalue weighted by molar-refractivity contribution is 9.10. The fourth-order valence-corrected chi connectivity index (χ4v) is 1.80. The molecule has 0 heterocycles. The summed E-state index contributed by atoms with van der Waals surface area (Å²) in [6.07, 6.45) is 0. The Morgan fingerprint density at radius 1 is 1.56 bits per heavy atom. The lowest BCUT2D eigenvalue weighted by atomic mass is 10.2. The summed E-state index contributed by atoms with van der Waals surface area (Å²) in [6.45, 7) is 4.43. The highest BCUT2D eigenvalue weighted by Gasteiger charge is 2.11. The van der Waals surface area contributed by atoms with E-state index in [1.165, 1.54) is 6.07 Å². The Morgan fingerprint density at radius 3 is 2.78 bits per heavy atom. The summed E-state index contributed by atoms with van der Waals surface area (Å²) in [7, 11) is 0. The van der Waals surface area contributed by atoms with E-state index in [1.54, 1.807) is 0 Å². The Morgan fingerprint density at radius 2 is 2.22 bits per heavy atom. The molecule has 1 rings (SSSR count). The van der Waals surface area contributed by atoms with E-state index in [0.29, 0.717) is 16.9 Å². The van der Waals surface area contributed by atoms with Crippen molar-refractivity contribution in [1.82, 2.24) is 5.32 Å². The van der Waals surface area contributed by atoms with Gasteiger partial charge in [-0.1, -0.05) is 13.8 Å². The third-order valence-corrected chi connectivity index (χ3v) is 2.68. The summed E-state index contributed by atoms with van der Waals surface area (Å²) in [5.74, 6) is -0.0528. The van der Waals surface area contributed by atoms with Crippen molar-refractivity contribution in [2.75, 3.05) is 18.9 Å².